The molecule has 11 heteroatoms. The minimum absolute atomic E-state index is 0.00498. The molecule has 230 valence electrons. The fraction of sp³-hybridized carbons (Fsp3) is 0.143. The molecule has 0 unspecified atom stereocenters. The number of rotatable bonds is 7. The van der Waals surface area contributed by atoms with Gasteiger partial charge in [-0.15, -0.1) is 0 Å². The number of hydrogen-bond acceptors (Lipinski definition) is 7. The lowest BCUT2D eigenvalue weighted by Gasteiger charge is -2.30. The Kier molecular flexibility index (Phi) is 7.87. The van der Waals surface area contributed by atoms with Gasteiger partial charge in [0.15, 0.2) is 16.3 Å². The van der Waals surface area contributed by atoms with Crippen LogP contribution in [0, 0.1) is 15.9 Å². The average molecular weight is 699 g/mol. The number of methoxy groups -OCH3 is 1. The molecule has 0 bridgehead atoms. The van der Waals surface area contributed by atoms with Crippen LogP contribution in [-0.2, 0) is 13.0 Å². The van der Waals surface area contributed by atoms with Crippen LogP contribution in [0.25, 0.3) is 11.8 Å². The smallest absolute Gasteiger partial charge is 0.271 e. The number of aryl methyl sites for hydroxylation is 1. The SMILES string of the molecule is COc1cc(/C=c2/sc3n(c2=O)[C@@H](c2cccc([N+](=O)[O-])c2)C2=C(N=3)c3ccccc3CC2)cc(Br)c1OCc1ccccc1F. The Balaban J connectivity index is 1.35. The molecule has 4 aromatic carbocycles. The highest BCUT2D eigenvalue weighted by Gasteiger charge is 2.33. The first-order chi connectivity index (χ1) is 22.3. The minimum Gasteiger partial charge on any atom is -0.493 e. The van der Waals surface area contributed by atoms with Crippen molar-refractivity contribution in [3.63, 3.8) is 0 Å². The summed E-state index contributed by atoms with van der Waals surface area (Å²) in [5, 5.41) is 11.7. The molecule has 7 rings (SSSR count). The lowest BCUT2D eigenvalue weighted by atomic mass is 9.83. The van der Waals surface area contributed by atoms with Crippen molar-refractivity contribution in [3.05, 3.63) is 158 Å². The highest BCUT2D eigenvalue weighted by atomic mass is 79.9. The Hall–Kier alpha value is -4.87. The third-order valence-corrected chi connectivity index (χ3v) is 9.72. The maximum atomic E-state index is 14.2. The normalized spacial score (nSPS) is 15.5. The first-order valence-electron chi connectivity index (χ1n) is 14.4. The number of benzene rings is 4. The van der Waals surface area contributed by atoms with E-state index < -0.39 is 11.0 Å². The molecule has 0 spiro atoms. The van der Waals surface area contributed by atoms with Crippen LogP contribution in [0.15, 0.2) is 105 Å². The summed E-state index contributed by atoms with van der Waals surface area (Å²) in [7, 11) is 1.51. The van der Waals surface area contributed by atoms with Crippen molar-refractivity contribution in [2.24, 2.45) is 4.99 Å². The van der Waals surface area contributed by atoms with E-state index in [1.54, 1.807) is 53.1 Å². The number of thiazole rings is 1. The zero-order valence-electron chi connectivity index (χ0n) is 24.4. The van der Waals surface area contributed by atoms with Crippen LogP contribution in [0.1, 0.15) is 40.3 Å². The molecule has 0 radical (unpaired) electrons. The van der Waals surface area contributed by atoms with Crippen LogP contribution >= 0.6 is 27.3 Å². The number of nitrogens with zero attached hydrogens (tertiary/aromatic N) is 3. The quantitative estimate of drug-likeness (QED) is 0.139. The maximum Gasteiger partial charge on any atom is 0.271 e. The van der Waals surface area contributed by atoms with Gasteiger partial charge in [0.25, 0.3) is 11.2 Å². The molecule has 0 fully saturated rings. The third kappa shape index (κ3) is 5.35. The first kappa shape index (κ1) is 29.8. The number of nitro groups is 1. The summed E-state index contributed by atoms with van der Waals surface area (Å²) < 4.78 is 28.4. The first-order valence-corrected chi connectivity index (χ1v) is 16.0. The van der Waals surface area contributed by atoms with Gasteiger partial charge >= 0.3 is 0 Å². The van der Waals surface area contributed by atoms with E-state index in [0.29, 0.717) is 48.4 Å². The van der Waals surface area contributed by atoms with Gasteiger partial charge in [0.2, 0.25) is 0 Å². The highest BCUT2D eigenvalue weighted by Crippen LogP contribution is 2.42. The molecule has 8 nitrogen and oxygen atoms in total. The van der Waals surface area contributed by atoms with Gasteiger partial charge in [-0.05, 0) is 75.3 Å². The van der Waals surface area contributed by atoms with Crippen molar-refractivity contribution < 1.29 is 18.8 Å². The van der Waals surface area contributed by atoms with Crippen LogP contribution in [0.3, 0.4) is 0 Å². The average Bonchev–Trinajstić information content (AvgIpc) is 3.37. The van der Waals surface area contributed by atoms with E-state index in [2.05, 4.69) is 22.0 Å². The number of hydrogen-bond donors (Lipinski definition) is 0. The van der Waals surface area contributed by atoms with Crippen LogP contribution in [-0.4, -0.2) is 16.6 Å². The summed E-state index contributed by atoms with van der Waals surface area (Å²) in [5.74, 6) is 0.450. The van der Waals surface area contributed by atoms with Crippen LogP contribution in [0.5, 0.6) is 11.5 Å². The summed E-state index contributed by atoms with van der Waals surface area (Å²) in [6.45, 7) is 0.00498. The van der Waals surface area contributed by atoms with Crippen molar-refractivity contribution in [2.75, 3.05) is 7.11 Å². The van der Waals surface area contributed by atoms with Crippen LogP contribution in [0.4, 0.5) is 10.1 Å². The summed E-state index contributed by atoms with van der Waals surface area (Å²) in [4.78, 5) is 31.0. The summed E-state index contributed by atoms with van der Waals surface area (Å²) in [5.41, 5.74) is 5.41. The Labute approximate surface area is 274 Å². The van der Waals surface area contributed by atoms with Crippen molar-refractivity contribution in [1.82, 2.24) is 4.57 Å². The largest absolute Gasteiger partial charge is 0.493 e. The van der Waals surface area contributed by atoms with Crippen molar-refractivity contribution >= 4 is 44.7 Å². The molecule has 2 heterocycles. The van der Waals surface area contributed by atoms with Crippen LogP contribution < -0.4 is 24.4 Å². The van der Waals surface area contributed by atoms with E-state index in [0.717, 1.165) is 23.3 Å². The maximum absolute atomic E-state index is 14.2. The van der Waals surface area contributed by atoms with Gasteiger partial charge in [0.05, 0.1) is 32.8 Å². The lowest BCUT2D eigenvalue weighted by Crippen LogP contribution is -2.38. The van der Waals surface area contributed by atoms with Gasteiger partial charge in [0, 0.05) is 23.3 Å². The number of ether oxygens (including phenoxy) is 2. The van der Waals surface area contributed by atoms with E-state index in [9.17, 15) is 19.3 Å². The molecular formula is C35H25BrFN3O5S. The molecule has 0 N–H and O–H groups in total. The molecule has 46 heavy (non-hydrogen) atoms. The molecule has 0 amide bonds. The molecule has 1 aliphatic heterocycles. The van der Waals surface area contributed by atoms with Gasteiger partial charge in [-0.1, -0.05) is 65.9 Å². The Morgan fingerprint density at radius 1 is 1.09 bits per heavy atom. The fourth-order valence-corrected chi connectivity index (χ4v) is 7.59. The number of nitro benzene ring substituents is 1. The van der Waals surface area contributed by atoms with Gasteiger partial charge < -0.3 is 9.47 Å². The van der Waals surface area contributed by atoms with Crippen molar-refractivity contribution in [3.8, 4) is 11.5 Å². The second-order valence-corrected chi connectivity index (χ2v) is 12.7. The molecular weight excluding hydrogens is 673 g/mol. The third-order valence-electron chi connectivity index (χ3n) is 8.15. The monoisotopic (exact) mass is 697 g/mol. The second kappa shape index (κ2) is 12.1. The molecule has 5 aromatic rings. The zero-order chi connectivity index (χ0) is 31.9. The summed E-state index contributed by atoms with van der Waals surface area (Å²) >= 11 is 4.82. The van der Waals surface area contributed by atoms with E-state index in [1.807, 2.05) is 24.3 Å². The minimum atomic E-state index is -0.544. The van der Waals surface area contributed by atoms with E-state index in [-0.39, 0.29) is 23.7 Å². The van der Waals surface area contributed by atoms with E-state index in [1.165, 1.54) is 36.1 Å². The van der Waals surface area contributed by atoms with E-state index in [4.69, 9.17) is 14.5 Å². The Morgan fingerprint density at radius 2 is 1.89 bits per heavy atom. The molecule has 1 atom stereocenters. The topological polar surface area (TPSA) is 96.0 Å². The summed E-state index contributed by atoms with van der Waals surface area (Å²) in [6.07, 6.45) is 3.21. The Bertz CT molecular complexity index is 2260. The molecule has 2 aliphatic rings. The highest BCUT2D eigenvalue weighted by molar-refractivity contribution is 9.10. The molecule has 1 aliphatic carbocycles. The predicted molar refractivity (Wildman–Crippen MR) is 177 cm³/mol. The number of aromatic nitrogens is 1. The molecule has 0 saturated carbocycles. The Morgan fingerprint density at radius 3 is 2.70 bits per heavy atom. The van der Waals surface area contributed by atoms with Gasteiger partial charge in [-0.3, -0.25) is 19.5 Å². The van der Waals surface area contributed by atoms with Crippen molar-refractivity contribution in [2.45, 2.75) is 25.5 Å². The molecule has 1 aromatic heterocycles. The second-order valence-electron chi connectivity index (χ2n) is 10.9. The number of allylic oxidation sites excluding steroid dienone is 1. The lowest BCUT2D eigenvalue weighted by molar-refractivity contribution is -0.384. The van der Waals surface area contributed by atoms with Crippen molar-refractivity contribution in [1.29, 1.82) is 0 Å². The fourth-order valence-electron chi connectivity index (χ4n) is 6.01. The van der Waals surface area contributed by atoms with E-state index >= 15 is 0 Å². The number of non-ortho nitro benzene ring substituents is 1. The number of halogens is 2. The zero-order valence-corrected chi connectivity index (χ0v) is 26.8. The molecule has 0 saturated heterocycles. The number of fused-ring (bicyclic) bond motifs is 3. The summed E-state index contributed by atoms with van der Waals surface area (Å²) in [6, 6.07) is 24.0. The van der Waals surface area contributed by atoms with Gasteiger partial charge in [-0.2, -0.15) is 0 Å². The standard InChI is InChI=1S/C35H25BrFN3O5S/c1-44-29-16-20(15-27(36)33(29)45-19-23-8-3-5-12-28(23)37)17-30-34(41)39-32(22-9-6-10-24(18-22)40(42)43)26-14-13-21-7-2-4-11-25(21)31(26)38-35(39)46-30/h2-12,15-18,32H,13-14,19H2,1H3/b30-17+/t32-/m0/s1. The van der Waals surface area contributed by atoms with Crippen LogP contribution in [0.2, 0.25) is 0 Å². The van der Waals surface area contributed by atoms with Gasteiger partial charge in [0.1, 0.15) is 12.4 Å². The van der Waals surface area contributed by atoms with Gasteiger partial charge in [-0.25, -0.2) is 9.38 Å². The predicted octanol–water partition coefficient (Wildman–Crippen LogP) is 6.72.